The molecule has 2 rings (SSSR count). The van der Waals surface area contributed by atoms with Gasteiger partial charge in [0.25, 0.3) is 0 Å². The van der Waals surface area contributed by atoms with Crippen LogP contribution in [0.4, 0.5) is 10.8 Å². The van der Waals surface area contributed by atoms with Crippen LogP contribution in [0.1, 0.15) is 32.8 Å². The van der Waals surface area contributed by atoms with E-state index < -0.39 is 0 Å². The predicted molar refractivity (Wildman–Crippen MR) is 86.7 cm³/mol. The Balaban J connectivity index is 2.27. The summed E-state index contributed by atoms with van der Waals surface area (Å²) in [6.07, 6.45) is 0.497. The second-order valence-corrected chi connectivity index (χ2v) is 6.52. The minimum absolute atomic E-state index is 0.00958. The second-order valence-electron chi connectivity index (χ2n) is 5.49. The van der Waals surface area contributed by atoms with E-state index in [0.29, 0.717) is 17.5 Å². The highest BCUT2D eigenvalue weighted by Crippen LogP contribution is 2.31. The lowest BCUT2D eigenvalue weighted by Gasteiger charge is -2.08. The fourth-order valence-corrected chi connectivity index (χ4v) is 3.09. The highest BCUT2D eigenvalue weighted by atomic mass is 32.1. The number of rotatable bonds is 4. The van der Waals surface area contributed by atoms with Crippen molar-refractivity contribution in [3.63, 3.8) is 0 Å². The number of nitrogens with one attached hydrogen (secondary N) is 2. The van der Waals surface area contributed by atoms with Gasteiger partial charge >= 0.3 is 0 Å². The molecule has 0 aliphatic rings. The van der Waals surface area contributed by atoms with Crippen molar-refractivity contribution in [2.45, 2.75) is 34.1 Å². The predicted octanol–water partition coefficient (Wildman–Crippen LogP) is 3.55. The molecule has 0 saturated heterocycles. The van der Waals surface area contributed by atoms with Gasteiger partial charge in [-0.25, -0.2) is 4.98 Å². The standard InChI is InChI=1S/C15H19N3O2S/c1-8(2)5-13(20)17-11-6-9(3)14-12(7-11)21-15(18-14)16-10(4)19/h6-8H,5H2,1-4H3,(H,17,20)(H,16,18,19). The SMILES string of the molecule is CC(=O)Nc1nc2c(C)cc(NC(=O)CC(C)C)cc2s1. The molecule has 0 aliphatic heterocycles. The number of carbonyl (C=O) groups excluding carboxylic acids is 2. The van der Waals surface area contributed by atoms with Gasteiger partial charge in [0.2, 0.25) is 11.8 Å². The molecule has 2 amide bonds. The second kappa shape index (κ2) is 6.22. The maximum Gasteiger partial charge on any atom is 0.224 e. The minimum Gasteiger partial charge on any atom is -0.326 e. The average molecular weight is 305 g/mol. The van der Waals surface area contributed by atoms with Crippen molar-refractivity contribution in [1.29, 1.82) is 0 Å². The molecule has 0 bridgehead atoms. The third-order valence-corrected chi connectivity index (χ3v) is 3.76. The Morgan fingerprint density at radius 2 is 2.00 bits per heavy atom. The maximum atomic E-state index is 11.8. The third kappa shape index (κ3) is 4.01. The highest BCUT2D eigenvalue weighted by Gasteiger charge is 2.11. The smallest absolute Gasteiger partial charge is 0.224 e. The van der Waals surface area contributed by atoms with Gasteiger partial charge in [0.15, 0.2) is 5.13 Å². The molecule has 1 heterocycles. The topological polar surface area (TPSA) is 71.1 Å². The van der Waals surface area contributed by atoms with E-state index >= 15 is 0 Å². The Labute approximate surface area is 127 Å². The van der Waals surface area contributed by atoms with Crippen LogP contribution in [0.25, 0.3) is 10.2 Å². The number of anilines is 2. The van der Waals surface area contributed by atoms with E-state index in [2.05, 4.69) is 15.6 Å². The minimum atomic E-state index is -0.142. The first-order valence-corrected chi connectivity index (χ1v) is 7.65. The molecule has 2 N–H and O–H groups in total. The van der Waals surface area contributed by atoms with E-state index in [1.54, 1.807) is 0 Å². The number of thiazole rings is 1. The lowest BCUT2D eigenvalue weighted by molar-refractivity contribution is -0.117. The highest BCUT2D eigenvalue weighted by molar-refractivity contribution is 7.22. The quantitative estimate of drug-likeness (QED) is 0.907. The average Bonchev–Trinajstić information content (AvgIpc) is 2.69. The van der Waals surface area contributed by atoms with Gasteiger partial charge in [-0.3, -0.25) is 9.59 Å². The summed E-state index contributed by atoms with van der Waals surface area (Å²) in [7, 11) is 0. The van der Waals surface area contributed by atoms with Crippen molar-refractivity contribution in [1.82, 2.24) is 4.98 Å². The Bertz CT molecular complexity index is 692. The lowest BCUT2D eigenvalue weighted by Crippen LogP contribution is -2.13. The van der Waals surface area contributed by atoms with Gasteiger partial charge in [-0.2, -0.15) is 0 Å². The molecule has 6 heteroatoms. The first kappa shape index (κ1) is 15.4. The fraction of sp³-hybridized carbons (Fsp3) is 0.400. The van der Waals surface area contributed by atoms with Crippen molar-refractivity contribution < 1.29 is 9.59 Å². The largest absolute Gasteiger partial charge is 0.326 e. The lowest BCUT2D eigenvalue weighted by atomic mass is 10.1. The number of aryl methyl sites for hydroxylation is 1. The van der Waals surface area contributed by atoms with Crippen molar-refractivity contribution in [3.8, 4) is 0 Å². The van der Waals surface area contributed by atoms with Crippen molar-refractivity contribution in [2.75, 3.05) is 10.6 Å². The zero-order valence-electron chi connectivity index (χ0n) is 12.6. The fourth-order valence-electron chi connectivity index (χ4n) is 2.06. The van der Waals surface area contributed by atoms with Crippen LogP contribution in [0.2, 0.25) is 0 Å². The maximum absolute atomic E-state index is 11.8. The number of nitrogens with zero attached hydrogens (tertiary/aromatic N) is 1. The molecular weight excluding hydrogens is 286 g/mol. The zero-order valence-corrected chi connectivity index (χ0v) is 13.4. The molecule has 2 aromatic rings. The van der Waals surface area contributed by atoms with Crippen LogP contribution < -0.4 is 10.6 Å². The van der Waals surface area contributed by atoms with Crippen molar-refractivity contribution >= 4 is 44.2 Å². The molecule has 5 nitrogen and oxygen atoms in total. The molecule has 0 radical (unpaired) electrons. The third-order valence-electron chi connectivity index (χ3n) is 2.85. The Morgan fingerprint density at radius 1 is 1.29 bits per heavy atom. The molecule has 0 atom stereocenters. The zero-order chi connectivity index (χ0) is 15.6. The summed E-state index contributed by atoms with van der Waals surface area (Å²) in [6, 6.07) is 3.79. The summed E-state index contributed by atoms with van der Waals surface area (Å²) in [5, 5.41) is 6.17. The normalized spacial score (nSPS) is 10.9. The van der Waals surface area contributed by atoms with E-state index in [-0.39, 0.29) is 11.8 Å². The molecule has 0 aliphatic carbocycles. The van der Waals surface area contributed by atoms with Gasteiger partial charge in [0.05, 0.1) is 10.2 Å². The first-order chi connectivity index (χ1) is 9.85. The van der Waals surface area contributed by atoms with E-state index in [0.717, 1.165) is 21.5 Å². The van der Waals surface area contributed by atoms with E-state index in [4.69, 9.17) is 0 Å². The number of hydrogen-bond donors (Lipinski definition) is 2. The number of hydrogen-bond acceptors (Lipinski definition) is 4. The van der Waals surface area contributed by atoms with Crippen LogP contribution in [0.3, 0.4) is 0 Å². The molecule has 1 aromatic heterocycles. The van der Waals surface area contributed by atoms with Gasteiger partial charge in [-0.05, 0) is 30.5 Å². The van der Waals surface area contributed by atoms with Gasteiger partial charge < -0.3 is 10.6 Å². The van der Waals surface area contributed by atoms with Crippen molar-refractivity contribution in [3.05, 3.63) is 17.7 Å². The Kier molecular flexibility index (Phi) is 4.57. The van der Waals surface area contributed by atoms with Gasteiger partial charge in [0.1, 0.15) is 0 Å². The van der Waals surface area contributed by atoms with E-state index in [1.807, 2.05) is 32.9 Å². The molecule has 0 unspecified atom stereocenters. The van der Waals surface area contributed by atoms with Gasteiger partial charge in [0, 0.05) is 19.0 Å². The number of benzene rings is 1. The monoisotopic (exact) mass is 305 g/mol. The van der Waals surface area contributed by atoms with Crippen LogP contribution >= 0.6 is 11.3 Å². The van der Waals surface area contributed by atoms with E-state index in [1.165, 1.54) is 18.3 Å². The number of carbonyl (C=O) groups is 2. The molecule has 0 spiro atoms. The molecule has 1 aromatic carbocycles. The molecule has 0 fully saturated rings. The summed E-state index contributed by atoms with van der Waals surface area (Å²) >= 11 is 1.40. The number of fused-ring (bicyclic) bond motifs is 1. The van der Waals surface area contributed by atoms with Crippen LogP contribution in [0.15, 0.2) is 12.1 Å². The van der Waals surface area contributed by atoms with Gasteiger partial charge in [-0.15, -0.1) is 0 Å². The van der Waals surface area contributed by atoms with Crippen molar-refractivity contribution in [2.24, 2.45) is 5.92 Å². The van der Waals surface area contributed by atoms with Crippen LogP contribution in [0, 0.1) is 12.8 Å². The summed E-state index contributed by atoms with van der Waals surface area (Å²) in [6.45, 7) is 7.42. The summed E-state index contributed by atoms with van der Waals surface area (Å²) in [4.78, 5) is 27.3. The van der Waals surface area contributed by atoms with E-state index in [9.17, 15) is 9.59 Å². The van der Waals surface area contributed by atoms with Crippen LogP contribution in [-0.2, 0) is 9.59 Å². The number of amides is 2. The van der Waals surface area contributed by atoms with Crippen LogP contribution in [0.5, 0.6) is 0 Å². The number of aromatic nitrogens is 1. The molecule has 0 saturated carbocycles. The molecule has 112 valence electrons. The molecular formula is C15H19N3O2S. The first-order valence-electron chi connectivity index (χ1n) is 6.83. The van der Waals surface area contributed by atoms with Gasteiger partial charge in [-0.1, -0.05) is 25.2 Å². The Hall–Kier alpha value is -1.95. The summed E-state index contributed by atoms with van der Waals surface area (Å²) < 4.78 is 0.943. The summed E-state index contributed by atoms with van der Waals surface area (Å²) in [5.41, 5.74) is 2.59. The molecule has 21 heavy (non-hydrogen) atoms. The Morgan fingerprint density at radius 3 is 2.62 bits per heavy atom. The summed E-state index contributed by atoms with van der Waals surface area (Å²) in [5.74, 6) is 0.192. The van der Waals surface area contributed by atoms with Crippen LogP contribution in [-0.4, -0.2) is 16.8 Å².